The highest BCUT2D eigenvalue weighted by atomic mass is 35.5. The number of nitrogens with two attached hydrogens (primary N) is 1. The minimum atomic E-state index is 0.518. The van der Waals surface area contributed by atoms with Gasteiger partial charge < -0.3 is 5.73 Å². The van der Waals surface area contributed by atoms with E-state index in [1.165, 1.54) is 16.3 Å². The number of rotatable bonds is 1. The van der Waals surface area contributed by atoms with Crippen LogP contribution < -0.4 is 5.73 Å². The van der Waals surface area contributed by atoms with E-state index in [-0.39, 0.29) is 0 Å². The predicted octanol–water partition coefficient (Wildman–Crippen LogP) is 6.06. The van der Waals surface area contributed by atoms with Crippen LogP contribution in [-0.2, 0) is 0 Å². The molecule has 0 spiro atoms. The van der Waals surface area contributed by atoms with E-state index in [0.29, 0.717) is 15.7 Å². The number of halogens is 2. The fourth-order valence-electron chi connectivity index (χ4n) is 1.94. The Morgan fingerprint density at radius 2 is 1.62 bits per heavy atom. The van der Waals surface area contributed by atoms with Crippen molar-refractivity contribution in [2.75, 3.05) is 5.73 Å². The summed E-state index contributed by atoms with van der Waals surface area (Å²) in [6.45, 7) is 3.78. The highest BCUT2D eigenvalue weighted by Crippen LogP contribution is 2.21. The lowest BCUT2D eigenvalue weighted by molar-refractivity contribution is 1.68. The number of nitrogen functional groups attached to an aromatic ring is 1. The fraction of sp³-hybridized carbons (Fsp3) is 0. The van der Waals surface area contributed by atoms with Gasteiger partial charge in [-0.25, -0.2) is 0 Å². The maximum atomic E-state index is 5.60. The number of fused-ring (bicyclic) bond motifs is 1. The quantitative estimate of drug-likeness (QED) is 0.543. The summed E-state index contributed by atoms with van der Waals surface area (Å²) < 4.78 is 0. The molecule has 1 nitrogen and oxygen atoms in total. The minimum Gasteiger partial charge on any atom is -0.397 e. The van der Waals surface area contributed by atoms with Crippen LogP contribution in [0.4, 0.5) is 5.69 Å². The minimum absolute atomic E-state index is 0.518. The monoisotopic (exact) mass is 315 g/mol. The largest absolute Gasteiger partial charge is 0.397 e. The second-order valence-electron chi connectivity index (χ2n) is 4.44. The SMILES string of the molecule is C=Cc1cccc2ccccc12.Nc1cc(Cl)ccc1Cl. The predicted molar refractivity (Wildman–Crippen MR) is 94.9 cm³/mol. The van der Waals surface area contributed by atoms with Crippen molar-refractivity contribution in [3.05, 3.63) is 82.9 Å². The molecular weight excluding hydrogens is 301 g/mol. The molecule has 0 amide bonds. The van der Waals surface area contributed by atoms with Gasteiger partial charge in [0.1, 0.15) is 0 Å². The van der Waals surface area contributed by atoms with Crippen LogP contribution in [0.15, 0.2) is 67.2 Å². The maximum absolute atomic E-state index is 5.60. The summed E-state index contributed by atoms with van der Waals surface area (Å²) in [7, 11) is 0. The van der Waals surface area contributed by atoms with E-state index in [0.717, 1.165) is 0 Å². The Morgan fingerprint density at radius 1 is 0.905 bits per heavy atom. The van der Waals surface area contributed by atoms with E-state index in [2.05, 4.69) is 49.0 Å². The molecule has 3 aromatic rings. The number of hydrogen-bond acceptors (Lipinski definition) is 1. The zero-order valence-electron chi connectivity index (χ0n) is 11.4. The standard InChI is InChI=1S/C12H10.C6H5Cl2N/c1-2-10-7-5-8-11-6-3-4-9-12(10)11;7-4-1-2-5(8)6(9)3-4/h2-9H,1H2;1-3H,9H2. The molecule has 3 aromatic carbocycles. The van der Waals surface area contributed by atoms with Gasteiger partial charge in [-0.3, -0.25) is 0 Å². The second-order valence-corrected chi connectivity index (χ2v) is 5.28. The van der Waals surface area contributed by atoms with Gasteiger partial charge in [0.05, 0.1) is 10.7 Å². The average Bonchev–Trinajstić information content (AvgIpc) is 2.51. The van der Waals surface area contributed by atoms with Crippen LogP contribution in [0.5, 0.6) is 0 Å². The van der Waals surface area contributed by atoms with E-state index in [4.69, 9.17) is 28.9 Å². The van der Waals surface area contributed by atoms with E-state index in [9.17, 15) is 0 Å². The molecule has 0 atom stereocenters. The van der Waals surface area contributed by atoms with Gasteiger partial charge in [0.25, 0.3) is 0 Å². The summed E-state index contributed by atoms with van der Waals surface area (Å²) in [6, 6.07) is 19.6. The maximum Gasteiger partial charge on any atom is 0.0636 e. The van der Waals surface area contributed by atoms with Crippen LogP contribution >= 0.6 is 23.2 Å². The van der Waals surface area contributed by atoms with Crippen molar-refractivity contribution in [1.29, 1.82) is 0 Å². The molecule has 0 saturated carbocycles. The smallest absolute Gasteiger partial charge is 0.0636 e. The first-order chi connectivity index (χ1) is 10.1. The van der Waals surface area contributed by atoms with Crippen molar-refractivity contribution < 1.29 is 0 Å². The molecule has 0 radical (unpaired) electrons. The molecule has 0 bridgehead atoms. The summed E-state index contributed by atoms with van der Waals surface area (Å²) in [5.74, 6) is 0. The molecule has 3 rings (SSSR count). The third-order valence-corrected chi connectivity index (χ3v) is 3.58. The van der Waals surface area contributed by atoms with E-state index in [1.54, 1.807) is 18.2 Å². The van der Waals surface area contributed by atoms with Gasteiger partial charge in [0.15, 0.2) is 0 Å². The van der Waals surface area contributed by atoms with Gasteiger partial charge >= 0.3 is 0 Å². The van der Waals surface area contributed by atoms with Gasteiger partial charge in [0, 0.05) is 5.02 Å². The molecule has 2 N–H and O–H groups in total. The van der Waals surface area contributed by atoms with Crippen LogP contribution in [0.3, 0.4) is 0 Å². The molecule has 0 aromatic heterocycles. The lowest BCUT2D eigenvalue weighted by Gasteiger charge is -1.99. The normalized spacial score (nSPS) is 9.81. The van der Waals surface area contributed by atoms with E-state index in [1.807, 2.05) is 6.08 Å². The summed E-state index contributed by atoms with van der Waals surface area (Å²) >= 11 is 11.2. The van der Waals surface area contributed by atoms with E-state index >= 15 is 0 Å². The average molecular weight is 316 g/mol. The lowest BCUT2D eigenvalue weighted by Crippen LogP contribution is -1.83. The summed E-state index contributed by atoms with van der Waals surface area (Å²) in [6.07, 6.45) is 1.89. The fourth-order valence-corrected chi connectivity index (χ4v) is 2.24. The van der Waals surface area contributed by atoms with Crippen molar-refractivity contribution in [1.82, 2.24) is 0 Å². The highest BCUT2D eigenvalue weighted by Gasteiger charge is 1.94. The van der Waals surface area contributed by atoms with Crippen LogP contribution in [0.1, 0.15) is 5.56 Å². The Morgan fingerprint density at radius 3 is 2.29 bits per heavy atom. The third kappa shape index (κ3) is 4.01. The van der Waals surface area contributed by atoms with E-state index < -0.39 is 0 Å². The Kier molecular flexibility index (Phi) is 5.26. The first kappa shape index (κ1) is 15.4. The van der Waals surface area contributed by atoms with Crippen molar-refractivity contribution in [3.8, 4) is 0 Å². The Labute approximate surface area is 134 Å². The lowest BCUT2D eigenvalue weighted by atomic mass is 10.1. The zero-order valence-corrected chi connectivity index (χ0v) is 12.9. The molecule has 0 heterocycles. The van der Waals surface area contributed by atoms with Crippen LogP contribution in [-0.4, -0.2) is 0 Å². The third-order valence-electron chi connectivity index (χ3n) is 3.00. The molecule has 3 heteroatoms. The van der Waals surface area contributed by atoms with Crippen molar-refractivity contribution in [2.24, 2.45) is 0 Å². The second kappa shape index (κ2) is 7.16. The molecule has 0 unspecified atom stereocenters. The number of benzene rings is 3. The molecule has 21 heavy (non-hydrogen) atoms. The highest BCUT2D eigenvalue weighted by molar-refractivity contribution is 6.35. The van der Waals surface area contributed by atoms with Gasteiger partial charge in [0.2, 0.25) is 0 Å². The number of anilines is 1. The van der Waals surface area contributed by atoms with Gasteiger partial charge in [-0.1, -0.05) is 78.3 Å². The summed E-state index contributed by atoms with van der Waals surface area (Å²) in [4.78, 5) is 0. The van der Waals surface area contributed by atoms with Crippen LogP contribution in [0.2, 0.25) is 10.0 Å². The molecule has 0 saturated heterocycles. The Balaban J connectivity index is 0.000000161. The molecule has 106 valence electrons. The summed E-state index contributed by atoms with van der Waals surface area (Å²) in [5, 5.41) is 3.70. The van der Waals surface area contributed by atoms with Crippen molar-refractivity contribution >= 4 is 45.7 Å². The molecule has 0 aliphatic carbocycles. The van der Waals surface area contributed by atoms with Crippen molar-refractivity contribution in [3.63, 3.8) is 0 Å². The first-order valence-corrected chi connectivity index (χ1v) is 7.18. The molecule has 0 aliphatic rings. The van der Waals surface area contributed by atoms with Crippen LogP contribution in [0.25, 0.3) is 16.8 Å². The Hall–Kier alpha value is -1.96. The molecule has 0 aliphatic heterocycles. The zero-order chi connectivity index (χ0) is 15.2. The Bertz CT molecular complexity index is 761. The van der Waals surface area contributed by atoms with Crippen LogP contribution in [0, 0.1) is 0 Å². The first-order valence-electron chi connectivity index (χ1n) is 6.42. The summed E-state index contributed by atoms with van der Waals surface area (Å²) in [5.41, 5.74) is 7.12. The van der Waals surface area contributed by atoms with Gasteiger partial charge in [-0.15, -0.1) is 0 Å². The van der Waals surface area contributed by atoms with Gasteiger partial charge in [-0.05, 0) is 34.5 Å². The molecule has 0 fully saturated rings. The van der Waals surface area contributed by atoms with Crippen molar-refractivity contribution in [2.45, 2.75) is 0 Å². The van der Waals surface area contributed by atoms with Gasteiger partial charge in [-0.2, -0.15) is 0 Å². The number of hydrogen-bond donors (Lipinski definition) is 1. The topological polar surface area (TPSA) is 26.0 Å². The molecular formula is C18H15Cl2N.